The largest absolute Gasteiger partial charge is 0.496 e. The molecule has 1 aliphatic carbocycles. The van der Waals surface area contributed by atoms with E-state index in [0.29, 0.717) is 11.5 Å². The first-order valence-corrected chi connectivity index (χ1v) is 6.71. The zero-order valence-electron chi connectivity index (χ0n) is 11.6. The lowest BCUT2D eigenvalue weighted by atomic mass is 10.1. The van der Waals surface area contributed by atoms with Gasteiger partial charge in [-0.2, -0.15) is 0 Å². The van der Waals surface area contributed by atoms with Gasteiger partial charge in [-0.25, -0.2) is 4.79 Å². The molecule has 1 fully saturated rings. The number of ether oxygens (including phenoxy) is 1. The lowest BCUT2D eigenvalue weighted by Crippen LogP contribution is -1.98. The van der Waals surface area contributed by atoms with Crippen LogP contribution in [-0.2, 0) is 0 Å². The molecule has 1 aromatic carbocycles. The number of aromatic carboxylic acids is 1. The van der Waals surface area contributed by atoms with Crippen molar-refractivity contribution in [3.8, 4) is 17.0 Å². The minimum Gasteiger partial charge on any atom is -0.496 e. The van der Waals surface area contributed by atoms with Gasteiger partial charge in [0.05, 0.1) is 12.7 Å². The molecule has 3 rings (SSSR count). The molecule has 1 heterocycles. The van der Waals surface area contributed by atoms with E-state index in [4.69, 9.17) is 4.74 Å². The fourth-order valence-electron chi connectivity index (χ4n) is 2.54. The topological polar surface area (TPSA) is 62.3 Å². The third-order valence-electron chi connectivity index (χ3n) is 3.77. The van der Waals surface area contributed by atoms with Gasteiger partial charge in [0.1, 0.15) is 5.75 Å². The molecule has 0 radical (unpaired) electrons. The average Bonchev–Trinajstić information content (AvgIpc) is 3.17. The lowest BCUT2D eigenvalue weighted by molar-refractivity contribution is 0.0696. The normalized spacial score (nSPS) is 14.3. The third-order valence-corrected chi connectivity index (χ3v) is 3.77. The summed E-state index contributed by atoms with van der Waals surface area (Å²) in [5.41, 5.74) is 4.13. The molecule has 0 spiro atoms. The van der Waals surface area contributed by atoms with Crippen LogP contribution in [0.2, 0.25) is 0 Å². The van der Waals surface area contributed by atoms with Crippen molar-refractivity contribution in [3.63, 3.8) is 0 Å². The average molecular weight is 271 g/mol. The van der Waals surface area contributed by atoms with E-state index < -0.39 is 5.97 Å². The number of benzene rings is 1. The zero-order chi connectivity index (χ0) is 14.3. The predicted molar refractivity (Wildman–Crippen MR) is 76.5 cm³/mol. The highest BCUT2D eigenvalue weighted by atomic mass is 16.5. The van der Waals surface area contributed by atoms with Gasteiger partial charge in [0, 0.05) is 11.4 Å². The number of aromatic nitrogens is 1. The molecule has 20 heavy (non-hydrogen) atoms. The maximum Gasteiger partial charge on any atom is 0.337 e. The number of rotatable bonds is 4. The molecule has 0 unspecified atom stereocenters. The molecule has 4 heteroatoms. The molecule has 1 aliphatic rings. The van der Waals surface area contributed by atoms with Crippen molar-refractivity contribution in [2.24, 2.45) is 0 Å². The van der Waals surface area contributed by atoms with E-state index in [9.17, 15) is 9.90 Å². The van der Waals surface area contributed by atoms with Gasteiger partial charge in [0.2, 0.25) is 0 Å². The number of H-pyrrole nitrogens is 1. The van der Waals surface area contributed by atoms with E-state index in [1.54, 1.807) is 13.2 Å². The highest BCUT2D eigenvalue weighted by Crippen LogP contribution is 2.42. The highest BCUT2D eigenvalue weighted by molar-refractivity contribution is 5.91. The number of aromatic amines is 1. The minimum absolute atomic E-state index is 0.384. The van der Waals surface area contributed by atoms with Crippen molar-refractivity contribution >= 4 is 5.97 Å². The van der Waals surface area contributed by atoms with Gasteiger partial charge >= 0.3 is 5.97 Å². The summed E-state index contributed by atoms with van der Waals surface area (Å²) in [5, 5.41) is 9.30. The van der Waals surface area contributed by atoms with Crippen molar-refractivity contribution < 1.29 is 14.6 Å². The Balaban J connectivity index is 2.03. The fraction of sp³-hybridized carbons (Fsp3) is 0.312. The Labute approximate surface area is 117 Å². The molecule has 104 valence electrons. The van der Waals surface area contributed by atoms with Gasteiger partial charge in [-0.05, 0) is 61.1 Å². The van der Waals surface area contributed by atoms with Crippen LogP contribution in [0.4, 0.5) is 0 Å². The molecule has 0 atom stereocenters. The first kappa shape index (κ1) is 12.8. The van der Waals surface area contributed by atoms with Crippen molar-refractivity contribution in [2.45, 2.75) is 25.7 Å². The molecule has 2 N–H and O–H groups in total. The highest BCUT2D eigenvalue weighted by Gasteiger charge is 2.30. The van der Waals surface area contributed by atoms with Crippen LogP contribution in [0.5, 0.6) is 5.75 Å². The number of hydrogen-bond donors (Lipinski definition) is 2. The summed E-state index contributed by atoms with van der Waals surface area (Å²) in [6.07, 6.45) is 2.14. The van der Waals surface area contributed by atoms with Crippen LogP contribution in [0.1, 0.15) is 40.4 Å². The smallest absolute Gasteiger partial charge is 0.337 e. The Kier molecular flexibility index (Phi) is 3.01. The van der Waals surface area contributed by atoms with Crippen molar-refractivity contribution in [3.05, 3.63) is 41.1 Å². The van der Waals surface area contributed by atoms with Crippen LogP contribution in [-0.4, -0.2) is 23.2 Å². The van der Waals surface area contributed by atoms with Crippen LogP contribution < -0.4 is 4.74 Å². The van der Waals surface area contributed by atoms with E-state index in [-0.39, 0.29) is 0 Å². The number of aryl methyl sites for hydroxylation is 1. The Morgan fingerprint density at radius 3 is 2.65 bits per heavy atom. The van der Waals surface area contributed by atoms with E-state index in [2.05, 4.69) is 4.98 Å². The summed E-state index contributed by atoms with van der Waals surface area (Å²) >= 11 is 0. The molecule has 1 aromatic heterocycles. The SMILES string of the molecule is COc1ccc(-c2cc(C(=O)O)c(C3CC3)[nH]2)cc1C. The summed E-state index contributed by atoms with van der Waals surface area (Å²) in [4.78, 5) is 14.6. The van der Waals surface area contributed by atoms with E-state index in [1.165, 1.54) is 0 Å². The van der Waals surface area contributed by atoms with Crippen LogP contribution in [0.25, 0.3) is 11.3 Å². The summed E-state index contributed by atoms with van der Waals surface area (Å²) in [7, 11) is 1.64. The second-order valence-corrected chi connectivity index (χ2v) is 5.27. The first-order valence-electron chi connectivity index (χ1n) is 6.71. The van der Waals surface area contributed by atoms with Gasteiger partial charge in [-0.3, -0.25) is 0 Å². The van der Waals surface area contributed by atoms with Crippen LogP contribution in [0.15, 0.2) is 24.3 Å². The van der Waals surface area contributed by atoms with Gasteiger partial charge < -0.3 is 14.8 Å². The Morgan fingerprint density at radius 2 is 2.10 bits per heavy atom. The summed E-state index contributed by atoms with van der Waals surface area (Å²) in [5.74, 6) is 0.356. The number of carbonyl (C=O) groups is 1. The molecule has 0 amide bonds. The molecule has 1 saturated carbocycles. The molecule has 0 bridgehead atoms. The number of carboxylic acids is 1. The zero-order valence-corrected chi connectivity index (χ0v) is 11.6. The molecule has 0 saturated heterocycles. The van der Waals surface area contributed by atoms with Gasteiger partial charge in [0.25, 0.3) is 0 Å². The molecule has 0 aliphatic heterocycles. The molecule has 4 nitrogen and oxygen atoms in total. The van der Waals surface area contributed by atoms with Gasteiger partial charge in [-0.1, -0.05) is 0 Å². The number of hydrogen-bond acceptors (Lipinski definition) is 2. The standard InChI is InChI=1S/C16H17NO3/c1-9-7-11(5-6-14(9)20-2)13-8-12(16(18)19)15(17-13)10-3-4-10/h5-8,10,17H,3-4H2,1-2H3,(H,18,19). The number of methoxy groups -OCH3 is 1. The second kappa shape index (κ2) is 4.71. The fourth-order valence-corrected chi connectivity index (χ4v) is 2.54. The summed E-state index contributed by atoms with van der Waals surface area (Å²) in [6, 6.07) is 7.59. The lowest BCUT2D eigenvalue weighted by Gasteiger charge is -2.06. The van der Waals surface area contributed by atoms with Crippen LogP contribution in [0, 0.1) is 6.92 Å². The van der Waals surface area contributed by atoms with E-state index in [1.807, 2.05) is 25.1 Å². The maximum absolute atomic E-state index is 11.3. The molecule has 2 aromatic rings. The Bertz CT molecular complexity index is 668. The monoisotopic (exact) mass is 271 g/mol. The second-order valence-electron chi connectivity index (χ2n) is 5.27. The number of carboxylic acid groups (broad SMARTS) is 1. The third kappa shape index (κ3) is 2.18. The van der Waals surface area contributed by atoms with Gasteiger partial charge in [0.15, 0.2) is 0 Å². The quantitative estimate of drug-likeness (QED) is 0.893. The van der Waals surface area contributed by atoms with Crippen LogP contribution >= 0.6 is 0 Å². The molecular formula is C16H17NO3. The van der Waals surface area contributed by atoms with Crippen LogP contribution in [0.3, 0.4) is 0 Å². The molecular weight excluding hydrogens is 254 g/mol. The number of nitrogens with one attached hydrogen (secondary N) is 1. The first-order chi connectivity index (χ1) is 9.60. The Morgan fingerprint density at radius 1 is 1.35 bits per heavy atom. The van der Waals surface area contributed by atoms with E-state index >= 15 is 0 Å². The van der Waals surface area contributed by atoms with E-state index in [0.717, 1.165) is 41.1 Å². The Hall–Kier alpha value is -2.23. The van der Waals surface area contributed by atoms with Gasteiger partial charge in [-0.15, -0.1) is 0 Å². The van der Waals surface area contributed by atoms with Crippen molar-refractivity contribution in [1.82, 2.24) is 4.98 Å². The summed E-state index contributed by atoms with van der Waals surface area (Å²) < 4.78 is 5.25. The minimum atomic E-state index is -0.861. The predicted octanol–water partition coefficient (Wildman–Crippen LogP) is 3.57. The van der Waals surface area contributed by atoms with Crippen molar-refractivity contribution in [2.75, 3.05) is 7.11 Å². The summed E-state index contributed by atoms with van der Waals surface area (Å²) in [6.45, 7) is 1.98. The van der Waals surface area contributed by atoms with Crippen molar-refractivity contribution in [1.29, 1.82) is 0 Å². The maximum atomic E-state index is 11.3.